The van der Waals surface area contributed by atoms with Crippen LogP contribution >= 0.6 is 0 Å². The van der Waals surface area contributed by atoms with Crippen molar-refractivity contribution in [3.05, 3.63) is 35.5 Å². The molecule has 1 amide bonds. The summed E-state index contributed by atoms with van der Waals surface area (Å²) in [6, 6.07) is 8.70. The van der Waals surface area contributed by atoms with E-state index in [4.69, 9.17) is 0 Å². The van der Waals surface area contributed by atoms with Crippen molar-refractivity contribution in [1.29, 1.82) is 0 Å². The maximum absolute atomic E-state index is 13.3. The summed E-state index contributed by atoms with van der Waals surface area (Å²) in [7, 11) is 0. The Morgan fingerprint density at radius 2 is 1.70 bits per heavy atom. The molecule has 1 aromatic carbocycles. The van der Waals surface area contributed by atoms with Crippen molar-refractivity contribution in [1.82, 2.24) is 10.3 Å². The fourth-order valence-corrected chi connectivity index (χ4v) is 8.47. The van der Waals surface area contributed by atoms with Gasteiger partial charge < -0.3 is 10.3 Å². The van der Waals surface area contributed by atoms with Gasteiger partial charge in [-0.25, -0.2) is 0 Å². The molecule has 0 saturated heterocycles. The Hall–Kier alpha value is -1.77. The van der Waals surface area contributed by atoms with Gasteiger partial charge in [-0.1, -0.05) is 32.0 Å². The second kappa shape index (κ2) is 6.37. The van der Waals surface area contributed by atoms with Crippen molar-refractivity contribution < 1.29 is 4.79 Å². The van der Waals surface area contributed by atoms with E-state index in [1.54, 1.807) is 0 Å². The van der Waals surface area contributed by atoms with Crippen molar-refractivity contribution >= 4 is 16.8 Å². The van der Waals surface area contributed by atoms with Crippen LogP contribution in [0.15, 0.2) is 24.3 Å². The van der Waals surface area contributed by atoms with Gasteiger partial charge in [-0.2, -0.15) is 0 Å². The molecule has 4 bridgehead atoms. The first-order valence-corrected chi connectivity index (χ1v) is 12.2. The highest BCUT2D eigenvalue weighted by Gasteiger charge is 2.59. The molecule has 3 heteroatoms. The lowest BCUT2D eigenvalue weighted by Gasteiger charge is -2.55. The van der Waals surface area contributed by atoms with Crippen molar-refractivity contribution in [2.24, 2.45) is 34.5 Å². The molecule has 0 spiro atoms. The van der Waals surface area contributed by atoms with Crippen LogP contribution in [0.1, 0.15) is 76.0 Å². The van der Waals surface area contributed by atoms with Gasteiger partial charge in [-0.3, -0.25) is 4.79 Å². The monoisotopic (exact) mass is 404 g/mol. The zero-order chi connectivity index (χ0) is 20.7. The number of hydrogen-bond acceptors (Lipinski definition) is 1. The van der Waals surface area contributed by atoms with Crippen molar-refractivity contribution in [2.75, 3.05) is 6.54 Å². The Balaban J connectivity index is 1.13. The molecule has 0 unspecified atom stereocenters. The number of aromatic amines is 1. The van der Waals surface area contributed by atoms with Gasteiger partial charge in [0.2, 0.25) is 5.91 Å². The molecule has 0 aliphatic heterocycles. The highest BCUT2D eigenvalue weighted by Crippen LogP contribution is 2.67. The van der Waals surface area contributed by atoms with Crippen LogP contribution in [0.5, 0.6) is 0 Å². The highest BCUT2D eigenvalue weighted by atomic mass is 16.2. The van der Waals surface area contributed by atoms with Gasteiger partial charge in [0.25, 0.3) is 0 Å². The third-order valence-electron chi connectivity index (χ3n) is 9.57. The summed E-state index contributed by atoms with van der Waals surface area (Å²) < 4.78 is 0. The lowest BCUT2D eigenvalue weighted by Crippen LogP contribution is -2.53. The van der Waals surface area contributed by atoms with E-state index in [1.165, 1.54) is 41.4 Å². The van der Waals surface area contributed by atoms with E-state index in [9.17, 15) is 4.79 Å². The zero-order valence-corrected chi connectivity index (χ0v) is 18.8. The molecule has 30 heavy (non-hydrogen) atoms. The van der Waals surface area contributed by atoms with E-state index in [1.807, 2.05) is 0 Å². The summed E-state index contributed by atoms with van der Waals surface area (Å²) in [5.41, 5.74) is 4.37. The van der Waals surface area contributed by atoms with E-state index in [2.05, 4.69) is 55.3 Å². The standard InChI is InChI=1S/C27H36N2O/c1-16-23(20-6-4-5-7-22(20)29-16)24-21(26(24,2)3)8-9-28-25(30)27-13-17-10-18(14-27)12-19(11-17)15-27/h4-7,17-19,21,24,29H,8-15H2,1-3H3,(H,28,30)/t17?,18?,19?,21-,24+,27?/m0/s1. The fourth-order valence-electron chi connectivity index (χ4n) is 8.47. The molecule has 160 valence electrons. The molecule has 3 nitrogen and oxygen atoms in total. The Morgan fingerprint density at radius 1 is 1.07 bits per heavy atom. The molecule has 1 heterocycles. The number of benzene rings is 1. The number of para-hydroxylation sites is 1. The van der Waals surface area contributed by atoms with Gasteiger partial charge >= 0.3 is 0 Å². The first-order chi connectivity index (χ1) is 14.4. The number of amides is 1. The second-order valence-corrected chi connectivity index (χ2v) is 11.9. The van der Waals surface area contributed by atoms with Crippen LogP contribution in [0.3, 0.4) is 0 Å². The second-order valence-electron chi connectivity index (χ2n) is 11.9. The number of fused-ring (bicyclic) bond motifs is 1. The minimum atomic E-state index is -0.0132. The topological polar surface area (TPSA) is 44.9 Å². The van der Waals surface area contributed by atoms with Gasteiger partial charge in [0.15, 0.2) is 0 Å². The van der Waals surface area contributed by atoms with E-state index in [-0.39, 0.29) is 5.41 Å². The number of rotatable bonds is 5. The molecule has 5 fully saturated rings. The van der Waals surface area contributed by atoms with Gasteiger partial charge in [0, 0.05) is 28.6 Å². The van der Waals surface area contributed by atoms with Crippen molar-refractivity contribution in [3.8, 4) is 0 Å². The molecule has 1 aromatic heterocycles. The predicted octanol–water partition coefficient (Wildman–Crippen LogP) is 5.94. The van der Waals surface area contributed by atoms with Crippen LogP contribution in [0, 0.1) is 41.4 Å². The minimum Gasteiger partial charge on any atom is -0.358 e. The van der Waals surface area contributed by atoms with E-state index >= 15 is 0 Å². The van der Waals surface area contributed by atoms with Crippen LogP contribution < -0.4 is 5.32 Å². The Bertz CT molecular complexity index is 964. The Morgan fingerprint density at radius 3 is 2.37 bits per heavy atom. The number of carbonyl (C=O) groups is 1. The summed E-state index contributed by atoms with van der Waals surface area (Å²) in [4.78, 5) is 16.9. The SMILES string of the molecule is Cc1[nH]c2ccccc2c1[C@H]1[C@H](CCNC(=O)C23CC4CC(CC(C4)C2)C3)C1(C)C. The number of aryl methyl sites for hydroxylation is 1. The molecule has 5 aliphatic rings. The molecule has 7 rings (SSSR count). The first-order valence-electron chi connectivity index (χ1n) is 12.2. The van der Waals surface area contributed by atoms with Crippen LogP contribution in [0.4, 0.5) is 0 Å². The van der Waals surface area contributed by atoms with Gasteiger partial charge in [-0.05, 0) is 98.5 Å². The van der Waals surface area contributed by atoms with Gasteiger partial charge in [-0.15, -0.1) is 0 Å². The van der Waals surface area contributed by atoms with Gasteiger partial charge in [0.05, 0.1) is 0 Å². The summed E-state index contributed by atoms with van der Waals surface area (Å²) >= 11 is 0. The molecule has 5 aliphatic carbocycles. The molecular formula is C27H36N2O. The fraction of sp³-hybridized carbons (Fsp3) is 0.667. The van der Waals surface area contributed by atoms with Crippen LogP contribution in [0.25, 0.3) is 10.9 Å². The van der Waals surface area contributed by atoms with Crippen molar-refractivity contribution in [3.63, 3.8) is 0 Å². The predicted molar refractivity (Wildman–Crippen MR) is 121 cm³/mol. The summed E-state index contributed by atoms with van der Waals surface area (Å²) in [6.07, 6.45) is 8.77. The normalized spacial score (nSPS) is 38.2. The first kappa shape index (κ1) is 19.0. The zero-order valence-electron chi connectivity index (χ0n) is 18.8. The molecule has 2 N–H and O–H groups in total. The van der Waals surface area contributed by atoms with E-state index < -0.39 is 0 Å². The number of hydrogen-bond donors (Lipinski definition) is 2. The molecule has 2 atom stereocenters. The van der Waals surface area contributed by atoms with Crippen molar-refractivity contribution in [2.45, 2.75) is 71.6 Å². The third kappa shape index (κ3) is 2.73. The number of aromatic nitrogens is 1. The molecular weight excluding hydrogens is 368 g/mol. The Kier molecular flexibility index (Phi) is 4.03. The largest absolute Gasteiger partial charge is 0.358 e. The highest BCUT2D eigenvalue weighted by molar-refractivity contribution is 5.86. The molecule has 0 radical (unpaired) electrons. The molecule has 2 aromatic rings. The Labute approximate surface area is 180 Å². The maximum atomic E-state index is 13.3. The maximum Gasteiger partial charge on any atom is 0.226 e. The van der Waals surface area contributed by atoms with Crippen LogP contribution in [-0.2, 0) is 4.79 Å². The smallest absolute Gasteiger partial charge is 0.226 e. The van der Waals surface area contributed by atoms with Gasteiger partial charge in [0.1, 0.15) is 0 Å². The van der Waals surface area contributed by atoms with Crippen LogP contribution in [0.2, 0.25) is 0 Å². The lowest BCUT2D eigenvalue weighted by molar-refractivity contribution is -0.146. The quantitative estimate of drug-likeness (QED) is 0.636. The average molecular weight is 405 g/mol. The minimum absolute atomic E-state index is 0.0132. The summed E-state index contributed by atoms with van der Waals surface area (Å²) in [5.74, 6) is 4.12. The third-order valence-corrected chi connectivity index (χ3v) is 9.57. The summed E-state index contributed by atoms with van der Waals surface area (Å²) in [6.45, 7) is 7.87. The summed E-state index contributed by atoms with van der Waals surface area (Å²) in [5, 5.41) is 4.80. The number of nitrogens with one attached hydrogen (secondary N) is 2. The number of H-pyrrole nitrogens is 1. The molecule has 5 saturated carbocycles. The number of carbonyl (C=O) groups excluding carboxylic acids is 1. The van der Waals surface area contributed by atoms with Crippen LogP contribution in [-0.4, -0.2) is 17.4 Å². The van der Waals surface area contributed by atoms with E-state index in [0.717, 1.165) is 50.0 Å². The average Bonchev–Trinajstić information content (AvgIpc) is 3.05. The lowest BCUT2D eigenvalue weighted by atomic mass is 9.49. The van der Waals surface area contributed by atoms with E-state index in [0.29, 0.717) is 23.2 Å².